The molecule has 0 radical (unpaired) electrons. The fourth-order valence-corrected chi connectivity index (χ4v) is 2.40. The van der Waals surface area contributed by atoms with Crippen LogP contribution in [0, 0.1) is 5.82 Å². The summed E-state index contributed by atoms with van der Waals surface area (Å²) in [6.07, 6.45) is -0.929. The van der Waals surface area contributed by atoms with Crippen molar-refractivity contribution in [1.82, 2.24) is 9.80 Å². The Labute approximate surface area is 135 Å². The van der Waals surface area contributed by atoms with Crippen LogP contribution in [-0.4, -0.2) is 73.0 Å². The maximum Gasteiger partial charge on any atom is 0.409 e. The normalized spacial score (nSPS) is 16.9. The Morgan fingerprint density at radius 2 is 1.91 bits per heavy atom. The van der Waals surface area contributed by atoms with Gasteiger partial charge in [0.2, 0.25) is 0 Å². The average Bonchev–Trinajstić information content (AvgIpc) is 2.55. The van der Waals surface area contributed by atoms with Crippen molar-refractivity contribution in [1.29, 1.82) is 0 Å². The molecule has 0 aliphatic carbocycles. The first-order chi connectivity index (χ1) is 11.1. The SMILES string of the molecule is CCOC(=O)N1CCN(C[C@H](O)COc2ccc(F)cc2)CC1. The molecule has 6 nitrogen and oxygen atoms in total. The minimum absolute atomic E-state index is 0.143. The van der Waals surface area contributed by atoms with Crippen LogP contribution in [-0.2, 0) is 4.74 Å². The molecule has 1 fully saturated rings. The van der Waals surface area contributed by atoms with E-state index in [1.54, 1.807) is 11.8 Å². The first-order valence-corrected chi connectivity index (χ1v) is 7.79. The number of halogens is 1. The fraction of sp³-hybridized carbons (Fsp3) is 0.562. The summed E-state index contributed by atoms with van der Waals surface area (Å²) in [6, 6.07) is 5.69. The fourth-order valence-electron chi connectivity index (χ4n) is 2.40. The number of piperazine rings is 1. The maximum atomic E-state index is 12.8. The highest BCUT2D eigenvalue weighted by Gasteiger charge is 2.23. The van der Waals surface area contributed by atoms with Gasteiger partial charge in [0.25, 0.3) is 0 Å². The van der Waals surface area contributed by atoms with Crippen LogP contribution in [0.2, 0.25) is 0 Å². The zero-order chi connectivity index (χ0) is 16.7. The molecule has 1 amide bonds. The Bertz CT molecular complexity index is 489. The lowest BCUT2D eigenvalue weighted by molar-refractivity contribution is 0.0407. The zero-order valence-corrected chi connectivity index (χ0v) is 13.3. The van der Waals surface area contributed by atoms with Crippen LogP contribution in [0.25, 0.3) is 0 Å². The van der Waals surface area contributed by atoms with E-state index in [4.69, 9.17) is 9.47 Å². The standard InChI is InChI=1S/C16H23FN2O4/c1-2-22-16(21)19-9-7-18(8-10-19)11-14(20)12-23-15-5-3-13(17)4-6-15/h3-6,14,20H,2,7-12H2,1H3/t14-/m0/s1. The van der Waals surface area contributed by atoms with Gasteiger partial charge in [-0.15, -0.1) is 0 Å². The molecule has 1 aromatic carbocycles. The largest absolute Gasteiger partial charge is 0.491 e. The molecule has 7 heteroatoms. The van der Waals surface area contributed by atoms with Crippen molar-refractivity contribution in [3.05, 3.63) is 30.1 Å². The molecule has 1 aliphatic rings. The number of carbonyl (C=O) groups excluding carboxylic acids is 1. The monoisotopic (exact) mass is 326 g/mol. The smallest absolute Gasteiger partial charge is 0.409 e. The minimum atomic E-state index is -0.644. The van der Waals surface area contributed by atoms with Gasteiger partial charge in [-0.25, -0.2) is 9.18 Å². The molecule has 0 saturated carbocycles. The second-order valence-electron chi connectivity index (χ2n) is 5.41. The first-order valence-electron chi connectivity index (χ1n) is 7.79. The molecule has 0 bridgehead atoms. The van der Waals surface area contributed by atoms with Gasteiger partial charge >= 0.3 is 6.09 Å². The summed E-state index contributed by atoms with van der Waals surface area (Å²) in [5.41, 5.74) is 0. The summed E-state index contributed by atoms with van der Waals surface area (Å²) in [6.45, 7) is 5.32. The number of rotatable bonds is 6. The summed E-state index contributed by atoms with van der Waals surface area (Å²) >= 11 is 0. The molecule has 0 unspecified atom stereocenters. The second kappa shape index (κ2) is 8.69. The van der Waals surface area contributed by atoms with Gasteiger partial charge in [0.05, 0.1) is 6.61 Å². The average molecular weight is 326 g/mol. The predicted octanol–water partition coefficient (Wildman–Crippen LogP) is 1.34. The number of benzene rings is 1. The molecule has 1 aromatic rings. The van der Waals surface area contributed by atoms with E-state index in [-0.39, 0.29) is 18.5 Å². The molecule has 128 valence electrons. The Balaban J connectivity index is 1.67. The Morgan fingerprint density at radius 1 is 1.26 bits per heavy atom. The van der Waals surface area contributed by atoms with Crippen molar-refractivity contribution >= 4 is 6.09 Å². The summed E-state index contributed by atoms with van der Waals surface area (Å²) in [4.78, 5) is 15.3. The summed E-state index contributed by atoms with van der Waals surface area (Å²) < 4.78 is 23.2. The number of hydrogen-bond acceptors (Lipinski definition) is 5. The van der Waals surface area contributed by atoms with Gasteiger partial charge in [-0.05, 0) is 31.2 Å². The molecule has 1 aliphatic heterocycles. The third-order valence-electron chi connectivity index (χ3n) is 3.62. The van der Waals surface area contributed by atoms with Crippen molar-refractivity contribution in [2.45, 2.75) is 13.0 Å². The zero-order valence-electron chi connectivity index (χ0n) is 13.3. The van der Waals surface area contributed by atoms with Crippen molar-refractivity contribution < 1.29 is 23.8 Å². The van der Waals surface area contributed by atoms with Gasteiger partial charge in [0.1, 0.15) is 24.3 Å². The number of ether oxygens (including phenoxy) is 2. The highest BCUT2D eigenvalue weighted by atomic mass is 19.1. The minimum Gasteiger partial charge on any atom is -0.491 e. The van der Waals surface area contributed by atoms with Gasteiger partial charge in [0.15, 0.2) is 0 Å². The van der Waals surface area contributed by atoms with E-state index < -0.39 is 6.10 Å². The molecular weight excluding hydrogens is 303 g/mol. The number of aliphatic hydroxyl groups excluding tert-OH is 1. The van der Waals surface area contributed by atoms with Crippen LogP contribution < -0.4 is 4.74 Å². The number of aliphatic hydroxyl groups is 1. The summed E-state index contributed by atoms with van der Waals surface area (Å²) in [5, 5.41) is 10.0. The number of carbonyl (C=O) groups is 1. The molecule has 2 rings (SSSR count). The Hall–Kier alpha value is -1.86. The van der Waals surface area contributed by atoms with E-state index in [1.165, 1.54) is 24.3 Å². The topological polar surface area (TPSA) is 62.2 Å². The molecule has 23 heavy (non-hydrogen) atoms. The summed E-state index contributed by atoms with van der Waals surface area (Å²) in [7, 11) is 0. The van der Waals surface area contributed by atoms with E-state index in [9.17, 15) is 14.3 Å². The molecule has 1 atom stereocenters. The Morgan fingerprint density at radius 3 is 2.52 bits per heavy atom. The lowest BCUT2D eigenvalue weighted by atomic mass is 10.2. The van der Waals surface area contributed by atoms with E-state index in [1.807, 2.05) is 0 Å². The van der Waals surface area contributed by atoms with Crippen LogP contribution in [0.3, 0.4) is 0 Å². The van der Waals surface area contributed by atoms with E-state index in [2.05, 4.69) is 4.90 Å². The van der Waals surface area contributed by atoms with Gasteiger partial charge in [0, 0.05) is 32.7 Å². The lowest BCUT2D eigenvalue weighted by Gasteiger charge is -2.34. The van der Waals surface area contributed by atoms with Crippen LogP contribution in [0.5, 0.6) is 5.75 Å². The van der Waals surface area contributed by atoms with Gasteiger partial charge in [-0.1, -0.05) is 0 Å². The van der Waals surface area contributed by atoms with E-state index >= 15 is 0 Å². The number of amides is 1. The van der Waals surface area contributed by atoms with Crippen molar-refractivity contribution in [3.8, 4) is 5.75 Å². The molecule has 1 heterocycles. The van der Waals surface area contributed by atoms with Crippen LogP contribution in [0.4, 0.5) is 9.18 Å². The quantitative estimate of drug-likeness (QED) is 0.855. The highest BCUT2D eigenvalue weighted by Crippen LogP contribution is 2.12. The highest BCUT2D eigenvalue weighted by molar-refractivity contribution is 5.67. The third kappa shape index (κ3) is 5.69. The van der Waals surface area contributed by atoms with Crippen molar-refractivity contribution in [2.75, 3.05) is 45.9 Å². The van der Waals surface area contributed by atoms with E-state index in [0.29, 0.717) is 45.1 Å². The molecule has 0 spiro atoms. The summed E-state index contributed by atoms with van der Waals surface area (Å²) in [5.74, 6) is 0.204. The molecule has 1 N–H and O–H groups in total. The van der Waals surface area contributed by atoms with Crippen LogP contribution >= 0.6 is 0 Å². The van der Waals surface area contributed by atoms with Crippen LogP contribution in [0.1, 0.15) is 6.92 Å². The van der Waals surface area contributed by atoms with E-state index in [0.717, 1.165) is 0 Å². The lowest BCUT2D eigenvalue weighted by Crippen LogP contribution is -2.51. The van der Waals surface area contributed by atoms with Crippen molar-refractivity contribution in [2.24, 2.45) is 0 Å². The van der Waals surface area contributed by atoms with Crippen LogP contribution in [0.15, 0.2) is 24.3 Å². The molecule has 0 aromatic heterocycles. The first kappa shape index (κ1) is 17.5. The van der Waals surface area contributed by atoms with Gasteiger partial charge in [-0.2, -0.15) is 0 Å². The molecular formula is C16H23FN2O4. The molecule has 1 saturated heterocycles. The number of hydrogen-bond donors (Lipinski definition) is 1. The Kier molecular flexibility index (Phi) is 6.61. The predicted molar refractivity (Wildman–Crippen MR) is 82.9 cm³/mol. The maximum absolute atomic E-state index is 12.8. The number of β-amino-alcohol motifs (C(OH)–C–C–N with tert-alkyl or cyclic N) is 1. The van der Waals surface area contributed by atoms with Gasteiger partial charge in [-0.3, -0.25) is 4.90 Å². The van der Waals surface area contributed by atoms with Gasteiger partial charge < -0.3 is 19.5 Å². The second-order valence-corrected chi connectivity index (χ2v) is 5.41. The number of nitrogens with zero attached hydrogens (tertiary/aromatic N) is 2. The van der Waals surface area contributed by atoms with Crippen molar-refractivity contribution in [3.63, 3.8) is 0 Å². The third-order valence-corrected chi connectivity index (χ3v) is 3.62.